The van der Waals surface area contributed by atoms with E-state index in [1.807, 2.05) is 45.0 Å². The Hall–Kier alpha value is -2.41. The lowest BCUT2D eigenvalue weighted by atomic mass is 10.2. The minimum Gasteiger partial charge on any atom is -0.491 e. The lowest BCUT2D eigenvalue weighted by molar-refractivity contribution is 0.0944. The molecule has 2 N–H and O–H groups in total. The quantitative estimate of drug-likeness (QED) is 0.836. The SMILES string of the molecule is Cc1c(C(=O)NCC2CCCN2)nnn1-c1ccc(OC(C)C)cc1. The van der Waals surface area contributed by atoms with Gasteiger partial charge >= 0.3 is 0 Å². The Labute approximate surface area is 147 Å². The summed E-state index contributed by atoms with van der Waals surface area (Å²) in [6.45, 7) is 7.46. The zero-order valence-corrected chi connectivity index (χ0v) is 15.0. The van der Waals surface area contributed by atoms with Crippen LogP contribution in [0.3, 0.4) is 0 Å². The van der Waals surface area contributed by atoms with Crippen molar-refractivity contribution < 1.29 is 9.53 Å². The van der Waals surface area contributed by atoms with E-state index in [2.05, 4.69) is 20.9 Å². The van der Waals surface area contributed by atoms with Crippen LogP contribution in [0.2, 0.25) is 0 Å². The van der Waals surface area contributed by atoms with E-state index in [0.29, 0.717) is 18.3 Å². The molecule has 0 saturated carbocycles. The van der Waals surface area contributed by atoms with Crippen molar-refractivity contribution in [3.05, 3.63) is 35.7 Å². The second-order valence-electron chi connectivity index (χ2n) is 6.60. The van der Waals surface area contributed by atoms with Crippen LogP contribution in [0.25, 0.3) is 5.69 Å². The van der Waals surface area contributed by atoms with Crippen molar-refractivity contribution in [2.45, 2.75) is 45.8 Å². The first-order valence-electron chi connectivity index (χ1n) is 8.75. The van der Waals surface area contributed by atoms with Crippen molar-refractivity contribution in [1.29, 1.82) is 0 Å². The van der Waals surface area contributed by atoms with E-state index in [1.54, 1.807) is 4.68 Å². The summed E-state index contributed by atoms with van der Waals surface area (Å²) in [7, 11) is 0. The molecule has 2 heterocycles. The highest BCUT2D eigenvalue weighted by molar-refractivity contribution is 5.93. The van der Waals surface area contributed by atoms with Gasteiger partial charge in [-0.2, -0.15) is 0 Å². The minimum atomic E-state index is -0.183. The monoisotopic (exact) mass is 343 g/mol. The number of nitrogens with one attached hydrogen (secondary N) is 2. The van der Waals surface area contributed by atoms with E-state index in [9.17, 15) is 4.79 Å². The number of amides is 1. The molecule has 0 aliphatic carbocycles. The summed E-state index contributed by atoms with van der Waals surface area (Å²) >= 11 is 0. The van der Waals surface area contributed by atoms with Crippen molar-refractivity contribution in [3.8, 4) is 11.4 Å². The van der Waals surface area contributed by atoms with Gasteiger partial charge in [0.2, 0.25) is 0 Å². The highest BCUT2D eigenvalue weighted by atomic mass is 16.5. The number of carbonyl (C=O) groups is 1. The van der Waals surface area contributed by atoms with Crippen LogP contribution in [0.5, 0.6) is 5.75 Å². The molecule has 7 nitrogen and oxygen atoms in total. The van der Waals surface area contributed by atoms with E-state index in [1.165, 1.54) is 0 Å². The molecule has 1 aliphatic rings. The predicted molar refractivity (Wildman–Crippen MR) is 95.2 cm³/mol. The van der Waals surface area contributed by atoms with Crippen LogP contribution in [0.1, 0.15) is 42.9 Å². The Morgan fingerprint density at radius 1 is 1.40 bits per heavy atom. The second kappa shape index (κ2) is 7.65. The highest BCUT2D eigenvalue weighted by Crippen LogP contribution is 2.18. The molecule has 1 aliphatic heterocycles. The molecule has 2 aromatic rings. The fraction of sp³-hybridized carbons (Fsp3) is 0.500. The smallest absolute Gasteiger partial charge is 0.273 e. The van der Waals surface area contributed by atoms with E-state index in [-0.39, 0.29) is 12.0 Å². The van der Waals surface area contributed by atoms with Gasteiger partial charge in [0.15, 0.2) is 5.69 Å². The molecule has 134 valence electrons. The summed E-state index contributed by atoms with van der Waals surface area (Å²) in [4.78, 5) is 12.4. The number of aromatic nitrogens is 3. The number of nitrogens with zero attached hydrogens (tertiary/aromatic N) is 3. The van der Waals surface area contributed by atoms with Crippen molar-refractivity contribution in [3.63, 3.8) is 0 Å². The van der Waals surface area contributed by atoms with Gasteiger partial charge in [-0.3, -0.25) is 4.79 Å². The number of rotatable bonds is 6. The van der Waals surface area contributed by atoms with E-state index in [0.717, 1.165) is 36.5 Å². The molecule has 0 bridgehead atoms. The predicted octanol–water partition coefficient (Wildman–Crippen LogP) is 1.84. The molecule has 3 rings (SSSR count). The number of ether oxygens (including phenoxy) is 1. The third-order valence-corrected chi connectivity index (χ3v) is 4.23. The molecule has 1 saturated heterocycles. The molecule has 1 unspecified atom stereocenters. The third kappa shape index (κ3) is 4.17. The standard InChI is InChI=1S/C18H25N5O2/c1-12(2)25-16-8-6-15(7-9-16)23-13(3)17(21-22-23)18(24)20-11-14-5-4-10-19-14/h6-9,12,14,19H,4-5,10-11H2,1-3H3,(H,20,24). The van der Waals surface area contributed by atoms with Gasteiger partial charge in [0.05, 0.1) is 17.5 Å². The van der Waals surface area contributed by atoms with Crippen LogP contribution < -0.4 is 15.4 Å². The van der Waals surface area contributed by atoms with E-state index >= 15 is 0 Å². The first-order valence-corrected chi connectivity index (χ1v) is 8.75. The molecule has 1 amide bonds. The summed E-state index contributed by atoms with van der Waals surface area (Å²) in [5.74, 6) is 0.621. The topological polar surface area (TPSA) is 81.1 Å². The van der Waals surface area contributed by atoms with Gasteiger partial charge in [0.1, 0.15) is 5.75 Å². The first-order chi connectivity index (χ1) is 12.0. The third-order valence-electron chi connectivity index (χ3n) is 4.23. The molecule has 1 aromatic heterocycles. The summed E-state index contributed by atoms with van der Waals surface area (Å²) in [6, 6.07) is 7.95. The second-order valence-corrected chi connectivity index (χ2v) is 6.60. The maximum Gasteiger partial charge on any atom is 0.273 e. The molecular formula is C18H25N5O2. The average Bonchev–Trinajstić information content (AvgIpc) is 3.23. The number of benzene rings is 1. The van der Waals surface area contributed by atoms with Crippen LogP contribution >= 0.6 is 0 Å². The van der Waals surface area contributed by atoms with Crippen molar-refractivity contribution in [1.82, 2.24) is 25.6 Å². The Morgan fingerprint density at radius 2 is 2.16 bits per heavy atom. The lowest BCUT2D eigenvalue weighted by Gasteiger charge is -2.11. The largest absolute Gasteiger partial charge is 0.491 e. The Bertz CT molecular complexity index is 718. The van der Waals surface area contributed by atoms with Crippen LogP contribution in [0, 0.1) is 6.92 Å². The molecule has 0 spiro atoms. The van der Waals surface area contributed by atoms with Crippen molar-refractivity contribution in [2.75, 3.05) is 13.1 Å². The first kappa shape index (κ1) is 17.4. The minimum absolute atomic E-state index is 0.128. The normalized spacial score (nSPS) is 17.0. The van der Waals surface area contributed by atoms with Crippen LogP contribution in [0.4, 0.5) is 0 Å². The molecule has 7 heteroatoms. The summed E-state index contributed by atoms with van der Waals surface area (Å²) in [6.07, 6.45) is 2.38. The summed E-state index contributed by atoms with van der Waals surface area (Å²) in [5, 5.41) is 14.5. The zero-order chi connectivity index (χ0) is 17.8. The summed E-state index contributed by atoms with van der Waals surface area (Å²) in [5.41, 5.74) is 1.92. The Morgan fingerprint density at radius 3 is 2.80 bits per heavy atom. The van der Waals surface area contributed by atoms with E-state index in [4.69, 9.17) is 4.74 Å². The molecule has 1 fully saturated rings. The fourth-order valence-electron chi connectivity index (χ4n) is 2.95. The van der Waals surface area contributed by atoms with Crippen LogP contribution in [-0.4, -0.2) is 46.1 Å². The molecule has 0 radical (unpaired) electrons. The number of hydrogen-bond donors (Lipinski definition) is 2. The lowest BCUT2D eigenvalue weighted by Crippen LogP contribution is -2.37. The average molecular weight is 343 g/mol. The Balaban J connectivity index is 1.68. The number of carbonyl (C=O) groups excluding carboxylic acids is 1. The zero-order valence-electron chi connectivity index (χ0n) is 15.0. The van der Waals surface area contributed by atoms with Crippen LogP contribution in [0.15, 0.2) is 24.3 Å². The van der Waals surface area contributed by atoms with Crippen molar-refractivity contribution >= 4 is 5.91 Å². The van der Waals surface area contributed by atoms with E-state index < -0.39 is 0 Å². The molecule has 1 aromatic carbocycles. The molecule has 1 atom stereocenters. The van der Waals surface area contributed by atoms with Gasteiger partial charge in [-0.05, 0) is 64.4 Å². The maximum absolute atomic E-state index is 12.4. The summed E-state index contributed by atoms with van der Waals surface area (Å²) < 4.78 is 7.31. The Kier molecular flexibility index (Phi) is 5.33. The van der Waals surface area contributed by atoms with Gasteiger partial charge in [0.25, 0.3) is 5.91 Å². The van der Waals surface area contributed by atoms with Gasteiger partial charge in [0, 0.05) is 12.6 Å². The molecule has 25 heavy (non-hydrogen) atoms. The van der Waals surface area contributed by atoms with Crippen molar-refractivity contribution in [2.24, 2.45) is 0 Å². The van der Waals surface area contributed by atoms with Gasteiger partial charge in [-0.1, -0.05) is 5.21 Å². The fourth-order valence-corrected chi connectivity index (χ4v) is 2.95. The van der Waals surface area contributed by atoms with Gasteiger partial charge in [-0.25, -0.2) is 4.68 Å². The number of hydrogen-bond acceptors (Lipinski definition) is 5. The van der Waals surface area contributed by atoms with Gasteiger partial charge < -0.3 is 15.4 Å². The molecular weight excluding hydrogens is 318 g/mol. The van der Waals surface area contributed by atoms with Gasteiger partial charge in [-0.15, -0.1) is 5.10 Å². The van der Waals surface area contributed by atoms with Crippen LogP contribution in [-0.2, 0) is 0 Å². The maximum atomic E-state index is 12.4. The highest BCUT2D eigenvalue weighted by Gasteiger charge is 2.20.